The number of benzene rings is 3. The molecule has 220 valence electrons. The van der Waals surface area contributed by atoms with Crippen molar-refractivity contribution in [2.45, 2.75) is 57.5 Å². The minimum Gasteiger partial charge on any atom is -0.494 e. The van der Waals surface area contributed by atoms with Crippen molar-refractivity contribution in [3.8, 4) is 5.75 Å². The Labute approximate surface area is 248 Å². The summed E-state index contributed by atoms with van der Waals surface area (Å²) >= 11 is 6.01. The predicted molar refractivity (Wildman–Crippen MR) is 163 cm³/mol. The van der Waals surface area contributed by atoms with E-state index in [2.05, 4.69) is 5.32 Å². The second-order valence-corrected chi connectivity index (χ2v) is 12.9. The number of anilines is 1. The average molecular weight is 600 g/mol. The molecule has 2 amide bonds. The molecular weight excluding hydrogens is 562 g/mol. The van der Waals surface area contributed by atoms with Crippen LogP contribution in [0.2, 0.25) is 5.02 Å². The van der Waals surface area contributed by atoms with E-state index in [0.29, 0.717) is 23.8 Å². The van der Waals surface area contributed by atoms with Crippen LogP contribution in [0.1, 0.15) is 40.2 Å². The number of hydrogen-bond acceptors (Lipinski definition) is 5. The van der Waals surface area contributed by atoms with Gasteiger partial charge in [0, 0.05) is 17.1 Å². The number of amides is 2. The van der Waals surface area contributed by atoms with E-state index in [1.807, 2.05) is 58.0 Å². The lowest BCUT2D eigenvalue weighted by Crippen LogP contribution is -2.55. The molecule has 0 bridgehead atoms. The SMILES string of the molecule is CCOc1ccc(N(CC(=O)N(CCc2ccccc2)[C@H](C)C(=O)NC(C)(C)C)S(=O)(=O)c2ccc(Cl)cc2)cc1. The monoisotopic (exact) mass is 599 g/mol. The van der Waals surface area contributed by atoms with Crippen LogP contribution in [0.4, 0.5) is 5.69 Å². The third-order valence-corrected chi connectivity index (χ3v) is 8.31. The fourth-order valence-corrected chi connectivity index (χ4v) is 5.72. The van der Waals surface area contributed by atoms with Gasteiger partial charge < -0.3 is 15.0 Å². The van der Waals surface area contributed by atoms with Gasteiger partial charge in [-0.25, -0.2) is 8.42 Å². The van der Waals surface area contributed by atoms with Gasteiger partial charge in [0.2, 0.25) is 11.8 Å². The Balaban J connectivity index is 1.99. The first-order chi connectivity index (χ1) is 19.3. The first-order valence-corrected chi connectivity index (χ1v) is 15.3. The molecule has 0 saturated carbocycles. The number of nitrogens with one attached hydrogen (secondary N) is 1. The fourth-order valence-electron chi connectivity index (χ4n) is 4.18. The van der Waals surface area contributed by atoms with Crippen LogP contribution in [-0.2, 0) is 26.0 Å². The molecule has 3 aromatic rings. The number of ether oxygens (including phenoxy) is 1. The summed E-state index contributed by atoms with van der Waals surface area (Å²) in [6.07, 6.45) is 0.493. The molecule has 1 atom stereocenters. The van der Waals surface area contributed by atoms with E-state index in [1.165, 1.54) is 29.2 Å². The summed E-state index contributed by atoms with van der Waals surface area (Å²) in [6, 6.07) is 21.0. The van der Waals surface area contributed by atoms with Crippen molar-refractivity contribution < 1.29 is 22.7 Å². The van der Waals surface area contributed by atoms with Crippen LogP contribution in [-0.4, -0.2) is 56.4 Å². The summed E-state index contributed by atoms with van der Waals surface area (Å²) in [5.41, 5.74) is 0.767. The Morgan fingerprint density at radius 2 is 1.56 bits per heavy atom. The molecular formula is C31H38ClN3O5S. The van der Waals surface area contributed by atoms with Crippen LogP contribution in [0.3, 0.4) is 0 Å². The third-order valence-electron chi connectivity index (χ3n) is 6.27. The van der Waals surface area contributed by atoms with E-state index in [9.17, 15) is 18.0 Å². The Morgan fingerprint density at radius 1 is 0.951 bits per heavy atom. The highest BCUT2D eigenvalue weighted by molar-refractivity contribution is 7.92. The summed E-state index contributed by atoms with van der Waals surface area (Å²) in [6.45, 7) is 9.25. The van der Waals surface area contributed by atoms with Crippen LogP contribution in [0.25, 0.3) is 0 Å². The first kappa shape index (κ1) is 32.0. The Kier molecular flexibility index (Phi) is 10.8. The molecule has 0 radical (unpaired) electrons. The summed E-state index contributed by atoms with van der Waals surface area (Å²) in [4.78, 5) is 28.5. The first-order valence-electron chi connectivity index (χ1n) is 13.5. The number of nitrogens with zero attached hydrogens (tertiary/aromatic N) is 2. The van der Waals surface area contributed by atoms with Crippen LogP contribution in [0.15, 0.2) is 83.8 Å². The summed E-state index contributed by atoms with van der Waals surface area (Å²) in [7, 11) is -4.18. The lowest BCUT2D eigenvalue weighted by atomic mass is 10.1. The van der Waals surface area contributed by atoms with Crippen LogP contribution < -0.4 is 14.4 Å². The van der Waals surface area contributed by atoms with Crippen LogP contribution in [0, 0.1) is 0 Å². The number of carbonyl (C=O) groups excluding carboxylic acids is 2. The van der Waals surface area contributed by atoms with E-state index in [1.54, 1.807) is 31.2 Å². The molecule has 0 unspecified atom stereocenters. The van der Waals surface area contributed by atoms with Gasteiger partial charge in [-0.15, -0.1) is 0 Å². The maximum Gasteiger partial charge on any atom is 0.264 e. The maximum absolute atomic E-state index is 14.0. The van der Waals surface area contributed by atoms with Crippen molar-refractivity contribution in [1.82, 2.24) is 10.2 Å². The van der Waals surface area contributed by atoms with E-state index in [-0.39, 0.29) is 23.0 Å². The van der Waals surface area contributed by atoms with Gasteiger partial charge in [0.1, 0.15) is 18.3 Å². The van der Waals surface area contributed by atoms with Gasteiger partial charge >= 0.3 is 0 Å². The Morgan fingerprint density at radius 3 is 2.12 bits per heavy atom. The van der Waals surface area contributed by atoms with E-state index in [0.717, 1.165) is 9.87 Å². The quantitative estimate of drug-likeness (QED) is 0.304. The highest BCUT2D eigenvalue weighted by atomic mass is 35.5. The summed E-state index contributed by atoms with van der Waals surface area (Å²) < 4.78 is 34.3. The molecule has 1 N–H and O–H groups in total. The van der Waals surface area contributed by atoms with Crippen molar-refractivity contribution in [3.05, 3.63) is 89.4 Å². The molecule has 0 fully saturated rings. The minimum atomic E-state index is -4.18. The van der Waals surface area contributed by atoms with E-state index in [4.69, 9.17) is 16.3 Å². The van der Waals surface area contributed by atoms with Gasteiger partial charge in [-0.05, 0) is 95.1 Å². The van der Waals surface area contributed by atoms with Crippen LogP contribution in [0.5, 0.6) is 5.75 Å². The van der Waals surface area contributed by atoms with Crippen molar-refractivity contribution in [1.29, 1.82) is 0 Å². The molecule has 0 aliphatic rings. The standard InChI is InChI=1S/C31H38ClN3O5S/c1-6-40-27-16-14-26(15-17-27)35(41(38,39)28-18-12-25(32)13-19-28)22-29(36)34(21-20-24-10-8-7-9-11-24)23(2)30(37)33-31(3,4)5/h7-19,23H,6,20-22H2,1-5H3,(H,33,37)/t23-/m1/s1. The smallest absolute Gasteiger partial charge is 0.264 e. The predicted octanol–water partition coefficient (Wildman–Crippen LogP) is 5.31. The van der Waals surface area contributed by atoms with Gasteiger partial charge in [-0.3, -0.25) is 13.9 Å². The Bertz CT molecular complexity index is 1410. The largest absolute Gasteiger partial charge is 0.494 e. The van der Waals surface area contributed by atoms with E-state index < -0.39 is 34.1 Å². The molecule has 0 heterocycles. The number of hydrogen-bond donors (Lipinski definition) is 1. The number of carbonyl (C=O) groups is 2. The molecule has 10 heteroatoms. The normalized spacial score (nSPS) is 12.3. The molecule has 0 aliphatic heterocycles. The molecule has 0 saturated heterocycles. The lowest BCUT2D eigenvalue weighted by molar-refractivity contribution is -0.139. The minimum absolute atomic E-state index is 0.0158. The van der Waals surface area contributed by atoms with Gasteiger partial charge in [0.25, 0.3) is 10.0 Å². The zero-order valence-corrected chi connectivity index (χ0v) is 25.7. The summed E-state index contributed by atoms with van der Waals surface area (Å²) in [5, 5.41) is 3.31. The molecule has 3 aromatic carbocycles. The number of halogens is 1. The van der Waals surface area contributed by atoms with Gasteiger partial charge in [0.05, 0.1) is 17.2 Å². The zero-order chi connectivity index (χ0) is 30.2. The molecule has 0 aromatic heterocycles. The van der Waals surface area contributed by atoms with Crippen molar-refractivity contribution in [2.24, 2.45) is 0 Å². The van der Waals surface area contributed by atoms with Gasteiger partial charge in [-0.1, -0.05) is 41.9 Å². The molecule has 0 spiro atoms. The van der Waals surface area contributed by atoms with Crippen molar-refractivity contribution in [2.75, 3.05) is 24.0 Å². The number of sulfonamides is 1. The van der Waals surface area contributed by atoms with Crippen molar-refractivity contribution in [3.63, 3.8) is 0 Å². The average Bonchev–Trinajstić information content (AvgIpc) is 2.92. The molecule has 8 nitrogen and oxygen atoms in total. The Hall–Kier alpha value is -3.56. The van der Waals surface area contributed by atoms with Gasteiger partial charge in [0.15, 0.2) is 0 Å². The molecule has 41 heavy (non-hydrogen) atoms. The van der Waals surface area contributed by atoms with Crippen LogP contribution >= 0.6 is 11.6 Å². The number of rotatable bonds is 12. The van der Waals surface area contributed by atoms with E-state index >= 15 is 0 Å². The second kappa shape index (κ2) is 13.9. The summed E-state index contributed by atoms with van der Waals surface area (Å²) in [5.74, 6) is -0.264. The fraction of sp³-hybridized carbons (Fsp3) is 0.355. The topological polar surface area (TPSA) is 96.0 Å². The lowest BCUT2D eigenvalue weighted by Gasteiger charge is -2.33. The highest BCUT2D eigenvalue weighted by Crippen LogP contribution is 2.27. The maximum atomic E-state index is 14.0. The highest BCUT2D eigenvalue weighted by Gasteiger charge is 2.33. The second-order valence-electron chi connectivity index (χ2n) is 10.6. The molecule has 0 aliphatic carbocycles. The van der Waals surface area contributed by atoms with Gasteiger partial charge in [-0.2, -0.15) is 0 Å². The zero-order valence-electron chi connectivity index (χ0n) is 24.1. The van der Waals surface area contributed by atoms with Crippen molar-refractivity contribution >= 4 is 39.1 Å². The third kappa shape index (κ3) is 8.96. The molecule has 3 rings (SSSR count).